The van der Waals surface area contributed by atoms with Crippen molar-refractivity contribution in [3.05, 3.63) is 33.1 Å². The Hall–Kier alpha value is -1.53. The Morgan fingerprint density at radius 3 is 2.79 bits per heavy atom. The van der Waals surface area contributed by atoms with Crippen LogP contribution in [0.1, 0.15) is 30.7 Å². The van der Waals surface area contributed by atoms with E-state index in [1.807, 2.05) is 13.8 Å². The minimum Gasteiger partial charge on any atom is -0.377 e. The van der Waals surface area contributed by atoms with E-state index >= 15 is 0 Å². The number of aromatic nitrogens is 1. The zero-order valence-electron chi connectivity index (χ0n) is 11.9. The van der Waals surface area contributed by atoms with Gasteiger partial charge in [0.25, 0.3) is 5.69 Å². The summed E-state index contributed by atoms with van der Waals surface area (Å²) in [7, 11) is 0. The smallest absolute Gasteiger partial charge is 0.278 e. The molecular weight excluding hydrogens is 246 g/mol. The molecule has 1 rings (SSSR count). The van der Waals surface area contributed by atoms with Crippen LogP contribution in [-0.4, -0.2) is 29.2 Å². The lowest BCUT2D eigenvalue weighted by atomic mass is 10.1. The van der Waals surface area contributed by atoms with E-state index in [0.29, 0.717) is 36.5 Å². The third-order valence-corrected chi connectivity index (χ3v) is 2.93. The highest BCUT2D eigenvalue weighted by atomic mass is 16.6. The summed E-state index contributed by atoms with van der Waals surface area (Å²) >= 11 is 0. The molecule has 0 spiro atoms. The summed E-state index contributed by atoms with van der Waals surface area (Å²) in [6.07, 6.45) is 1.67. The third kappa shape index (κ3) is 4.25. The summed E-state index contributed by atoms with van der Waals surface area (Å²) in [6, 6.07) is 0. The minimum absolute atomic E-state index is 0.116. The lowest BCUT2D eigenvalue weighted by Gasteiger charge is -2.13. The Morgan fingerprint density at radius 2 is 2.21 bits per heavy atom. The Bertz CT molecular complexity index is 449. The zero-order valence-corrected chi connectivity index (χ0v) is 11.9. The molecule has 0 radical (unpaired) electrons. The number of rotatable bonds is 7. The van der Waals surface area contributed by atoms with Gasteiger partial charge in [-0.2, -0.15) is 0 Å². The fraction of sp³-hybridized carbons (Fsp3) is 0.615. The topological polar surface area (TPSA) is 77.3 Å². The zero-order chi connectivity index (χ0) is 14.4. The molecule has 0 aromatic carbocycles. The first-order valence-corrected chi connectivity index (χ1v) is 6.39. The normalized spacial score (nSPS) is 12.4. The number of nitro groups is 1. The van der Waals surface area contributed by atoms with E-state index in [2.05, 4.69) is 10.3 Å². The highest BCUT2D eigenvalue weighted by Gasteiger charge is 2.18. The van der Waals surface area contributed by atoms with Crippen molar-refractivity contribution in [3.8, 4) is 0 Å². The Labute approximate surface area is 113 Å². The highest BCUT2D eigenvalue weighted by molar-refractivity contribution is 5.47. The number of hydrogen-bond acceptors (Lipinski definition) is 5. The predicted molar refractivity (Wildman–Crippen MR) is 73.2 cm³/mol. The van der Waals surface area contributed by atoms with Crippen LogP contribution in [0.25, 0.3) is 0 Å². The van der Waals surface area contributed by atoms with Crippen molar-refractivity contribution in [3.63, 3.8) is 0 Å². The van der Waals surface area contributed by atoms with Crippen LogP contribution >= 0.6 is 0 Å². The fourth-order valence-electron chi connectivity index (χ4n) is 1.96. The molecule has 1 aromatic heterocycles. The molecule has 6 nitrogen and oxygen atoms in total. The number of ether oxygens (including phenoxy) is 1. The maximum atomic E-state index is 11.0. The molecule has 0 saturated carbocycles. The summed E-state index contributed by atoms with van der Waals surface area (Å²) < 4.78 is 5.40. The van der Waals surface area contributed by atoms with Crippen molar-refractivity contribution in [1.29, 1.82) is 0 Å². The second-order valence-electron chi connectivity index (χ2n) is 4.52. The molecule has 0 fully saturated rings. The van der Waals surface area contributed by atoms with Crippen LogP contribution in [0.15, 0.2) is 6.20 Å². The molecule has 6 heteroatoms. The molecule has 1 unspecified atom stereocenters. The first-order chi connectivity index (χ1) is 8.97. The molecule has 0 saturated heterocycles. The molecule has 0 amide bonds. The van der Waals surface area contributed by atoms with Crippen molar-refractivity contribution in [2.45, 2.75) is 40.3 Å². The Balaban J connectivity index is 2.70. The lowest BCUT2D eigenvalue weighted by molar-refractivity contribution is -0.386. The average molecular weight is 267 g/mol. The number of aryl methyl sites for hydroxylation is 1. The van der Waals surface area contributed by atoms with Crippen LogP contribution in [0.3, 0.4) is 0 Å². The van der Waals surface area contributed by atoms with Crippen molar-refractivity contribution < 1.29 is 9.66 Å². The van der Waals surface area contributed by atoms with E-state index in [1.54, 1.807) is 20.0 Å². The van der Waals surface area contributed by atoms with Crippen LogP contribution < -0.4 is 5.32 Å². The summed E-state index contributed by atoms with van der Waals surface area (Å²) in [5.41, 5.74) is 2.08. The molecule has 1 N–H and O–H groups in total. The third-order valence-electron chi connectivity index (χ3n) is 2.93. The van der Waals surface area contributed by atoms with Gasteiger partial charge in [-0.05, 0) is 27.7 Å². The molecule has 1 heterocycles. The largest absolute Gasteiger partial charge is 0.377 e. The lowest BCUT2D eigenvalue weighted by Crippen LogP contribution is -2.27. The van der Waals surface area contributed by atoms with E-state index in [-0.39, 0.29) is 16.7 Å². The molecule has 0 aliphatic heterocycles. The molecule has 0 aliphatic rings. The van der Waals surface area contributed by atoms with Gasteiger partial charge in [-0.25, -0.2) is 0 Å². The van der Waals surface area contributed by atoms with Gasteiger partial charge in [0.2, 0.25) is 0 Å². The van der Waals surface area contributed by atoms with Crippen molar-refractivity contribution in [2.75, 3.05) is 13.2 Å². The van der Waals surface area contributed by atoms with Gasteiger partial charge in [0.05, 0.1) is 16.7 Å². The van der Waals surface area contributed by atoms with Crippen LogP contribution in [0.5, 0.6) is 0 Å². The fourth-order valence-corrected chi connectivity index (χ4v) is 1.96. The van der Waals surface area contributed by atoms with E-state index < -0.39 is 0 Å². The standard InChI is InChI=1S/C13H21N3O3/c1-5-19-10(3)7-14-8-12-11(4)13(16(17)18)9(2)6-15-12/h6,10,14H,5,7-8H2,1-4H3. The second-order valence-corrected chi connectivity index (χ2v) is 4.52. The first-order valence-electron chi connectivity index (χ1n) is 6.39. The molecular formula is C13H21N3O3. The molecule has 0 aliphatic carbocycles. The van der Waals surface area contributed by atoms with Gasteiger partial charge in [-0.15, -0.1) is 0 Å². The van der Waals surface area contributed by atoms with Gasteiger partial charge in [-0.3, -0.25) is 15.1 Å². The van der Waals surface area contributed by atoms with Crippen LogP contribution in [0.2, 0.25) is 0 Å². The molecule has 0 bridgehead atoms. The molecule has 1 aromatic rings. The predicted octanol–water partition coefficient (Wildman–Crippen LogP) is 2.12. The van der Waals surface area contributed by atoms with Crippen molar-refractivity contribution in [2.24, 2.45) is 0 Å². The number of nitrogens with one attached hydrogen (secondary N) is 1. The van der Waals surface area contributed by atoms with E-state index in [1.165, 1.54) is 0 Å². The van der Waals surface area contributed by atoms with Gasteiger partial charge < -0.3 is 10.1 Å². The molecule has 19 heavy (non-hydrogen) atoms. The summed E-state index contributed by atoms with van der Waals surface area (Å²) in [4.78, 5) is 14.9. The summed E-state index contributed by atoms with van der Waals surface area (Å²) in [6.45, 7) is 9.24. The van der Waals surface area contributed by atoms with Crippen LogP contribution in [0.4, 0.5) is 5.69 Å². The van der Waals surface area contributed by atoms with E-state index in [4.69, 9.17) is 4.74 Å². The number of hydrogen-bond donors (Lipinski definition) is 1. The monoisotopic (exact) mass is 267 g/mol. The molecule has 1 atom stereocenters. The quantitative estimate of drug-likeness (QED) is 0.605. The van der Waals surface area contributed by atoms with Gasteiger partial charge in [0, 0.05) is 37.0 Å². The van der Waals surface area contributed by atoms with Crippen molar-refractivity contribution >= 4 is 5.69 Å². The minimum atomic E-state index is -0.349. The highest BCUT2D eigenvalue weighted by Crippen LogP contribution is 2.23. The van der Waals surface area contributed by atoms with Crippen LogP contribution in [-0.2, 0) is 11.3 Å². The number of nitrogens with zero attached hydrogens (tertiary/aromatic N) is 2. The van der Waals surface area contributed by atoms with E-state index in [0.717, 1.165) is 0 Å². The molecule has 106 valence electrons. The summed E-state index contributed by atoms with van der Waals surface area (Å²) in [5, 5.41) is 14.2. The first kappa shape index (κ1) is 15.5. The Morgan fingerprint density at radius 1 is 1.53 bits per heavy atom. The van der Waals surface area contributed by atoms with E-state index in [9.17, 15) is 10.1 Å². The van der Waals surface area contributed by atoms with Crippen LogP contribution in [0, 0.1) is 24.0 Å². The SMILES string of the molecule is CCOC(C)CNCc1ncc(C)c([N+](=O)[O-])c1C. The van der Waals surface area contributed by atoms with Crippen molar-refractivity contribution in [1.82, 2.24) is 10.3 Å². The van der Waals surface area contributed by atoms with Gasteiger partial charge in [0.15, 0.2) is 0 Å². The summed E-state index contributed by atoms with van der Waals surface area (Å²) in [5.74, 6) is 0. The number of pyridine rings is 1. The Kier molecular flexibility index (Phi) is 5.85. The maximum absolute atomic E-state index is 11.0. The van der Waals surface area contributed by atoms with Gasteiger partial charge >= 0.3 is 0 Å². The average Bonchev–Trinajstić information content (AvgIpc) is 2.32. The van der Waals surface area contributed by atoms with Gasteiger partial charge in [0.1, 0.15) is 0 Å². The van der Waals surface area contributed by atoms with Gasteiger partial charge in [-0.1, -0.05) is 0 Å². The second kappa shape index (κ2) is 7.16. The maximum Gasteiger partial charge on any atom is 0.278 e.